The molecule has 1 N–H and O–H groups in total. The summed E-state index contributed by atoms with van der Waals surface area (Å²) in [7, 11) is 0. The quantitative estimate of drug-likeness (QED) is 0.542. The van der Waals surface area contributed by atoms with E-state index < -0.39 is 0 Å². The second kappa shape index (κ2) is 9.14. The maximum absolute atomic E-state index is 12.6. The lowest BCUT2D eigenvalue weighted by Gasteiger charge is -2.35. The van der Waals surface area contributed by atoms with E-state index >= 15 is 0 Å². The van der Waals surface area contributed by atoms with Crippen LogP contribution in [0.15, 0.2) is 41.6 Å². The standard InChI is InChI=1S/C24H28N4O2S/c1-3-24(4-2)15-19-13-18(16-26-22(19)27-23(24)30)5-6-21(29)28-10-7-17(8-11-28)14-20-25-9-12-31-20/h5-7,9,12-13,16H,3-4,8,10-11,14-15H2,1-2H3,(H,26,27,30). The van der Waals surface area contributed by atoms with Gasteiger partial charge >= 0.3 is 0 Å². The van der Waals surface area contributed by atoms with E-state index in [4.69, 9.17) is 0 Å². The van der Waals surface area contributed by atoms with Gasteiger partial charge < -0.3 is 10.2 Å². The summed E-state index contributed by atoms with van der Waals surface area (Å²) < 4.78 is 0. The summed E-state index contributed by atoms with van der Waals surface area (Å²) in [5.74, 6) is 0.704. The first-order valence-corrected chi connectivity index (χ1v) is 11.7. The molecule has 2 aromatic rings. The molecule has 0 radical (unpaired) electrons. The van der Waals surface area contributed by atoms with Gasteiger partial charge in [-0.1, -0.05) is 25.5 Å². The fourth-order valence-corrected chi connectivity index (χ4v) is 4.92. The van der Waals surface area contributed by atoms with E-state index in [0.717, 1.165) is 48.4 Å². The van der Waals surface area contributed by atoms with E-state index in [1.807, 2.05) is 28.6 Å². The van der Waals surface area contributed by atoms with Crippen LogP contribution in [0.2, 0.25) is 0 Å². The number of anilines is 1. The van der Waals surface area contributed by atoms with Gasteiger partial charge in [-0.25, -0.2) is 9.97 Å². The minimum Gasteiger partial charge on any atom is -0.335 e. The van der Waals surface area contributed by atoms with Gasteiger partial charge in [0.05, 0.1) is 10.4 Å². The maximum atomic E-state index is 12.6. The van der Waals surface area contributed by atoms with Gasteiger partial charge in [0.15, 0.2) is 0 Å². The number of carbonyl (C=O) groups is 2. The Morgan fingerprint density at radius 3 is 2.84 bits per heavy atom. The van der Waals surface area contributed by atoms with Gasteiger partial charge in [0, 0.05) is 43.4 Å². The Labute approximate surface area is 187 Å². The van der Waals surface area contributed by atoms with E-state index in [1.54, 1.807) is 23.6 Å². The fraction of sp³-hybridized carbons (Fsp3) is 0.417. The highest BCUT2D eigenvalue weighted by Crippen LogP contribution is 2.38. The van der Waals surface area contributed by atoms with E-state index in [-0.39, 0.29) is 17.2 Å². The Morgan fingerprint density at radius 2 is 2.16 bits per heavy atom. The van der Waals surface area contributed by atoms with E-state index in [9.17, 15) is 9.59 Å². The van der Waals surface area contributed by atoms with Crippen LogP contribution in [-0.2, 0) is 22.4 Å². The van der Waals surface area contributed by atoms with Crippen molar-refractivity contribution in [2.45, 2.75) is 46.0 Å². The molecule has 31 heavy (non-hydrogen) atoms. The van der Waals surface area contributed by atoms with Crippen LogP contribution in [0.25, 0.3) is 6.08 Å². The normalized spacial score (nSPS) is 17.9. The summed E-state index contributed by atoms with van der Waals surface area (Å²) in [6.45, 7) is 5.47. The molecular formula is C24H28N4O2S. The Balaban J connectivity index is 1.40. The van der Waals surface area contributed by atoms with Gasteiger partial charge in [-0.15, -0.1) is 11.3 Å². The predicted octanol–water partition coefficient (Wildman–Crippen LogP) is 4.25. The zero-order valence-electron chi connectivity index (χ0n) is 18.1. The average Bonchev–Trinajstić information content (AvgIpc) is 3.30. The Morgan fingerprint density at radius 1 is 1.32 bits per heavy atom. The van der Waals surface area contributed by atoms with Crippen LogP contribution in [0.5, 0.6) is 0 Å². The molecule has 0 aliphatic carbocycles. The number of nitrogens with zero attached hydrogens (tertiary/aromatic N) is 3. The van der Waals surface area contributed by atoms with Crippen molar-refractivity contribution in [3.63, 3.8) is 0 Å². The largest absolute Gasteiger partial charge is 0.335 e. The molecule has 0 spiro atoms. The molecule has 4 heterocycles. The monoisotopic (exact) mass is 436 g/mol. The predicted molar refractivity (Wildman–Crippen MR) is 124 cm³/mol. The molecule has 0 aromatic carbocycles. The van der Waals surface area contributed by atoms with Crippen molar-refractivity contribution in [2.75, 3.05) is 18.4 Å². The third kappa shape index (κ3) is 4.61. The summed E-state index contributed by atoms with van der Waals surface area (Å²) in [5, 5.41) is 6.07. The van der Waals surface area contributed by atoms with Crippen LogP contribution < -0.4 is 5.32 Å². The van der Waals surface area contributed by atoms with E-state index in [2.05, 4.69) is 35.2 Å². The van der Waals surface area contributed by atoms with Crippen molar-refractivity contribution in [3.05, 3.63) is 57.7 Å². The van der Waals surface area contributed by atoms with Crippen LogP contribution in [-0.4, -0.2) is 39.8 Å². The number of rotatable bonds is 6. The molecule has 0 saturated carbocycles. The Bertz CT molecular complexity index is 1020. The molecule has 0 atom stereocenters. The molecule has 2 aliphatic rings. The highest BCUT2D eigenvalue weighted by atomic mass is 32.1. The van der Waals surface area contributed by atoms with Crippen LogP contribution in [0.1, 0.15) is 49.2 Å². The zero-order valence-corrected chi connectivity index (χ0v) is 18.9. The van der Waals surface area contributed by atoms with Crippen molar-refractivity contribution in [3.8, 4) is 0 Å². The summed E-state index contributed by atoms with van der Waals surface area (Å²) in [6, 6.07) is 2.04. The van der Waals surface area contributed by atoms with Crippen LogP contribution >= 0.6 is 11.3 Å². The van der Waals surface area contributed by atoms with Gasteiger partial charge in [0.25, 0.3) is 0 Å². The number of aromatic nitrogens is 2. The molecular weight excluding hydrogens is 408 g/mol. The molecule has 6 nitrogen and oxygen atoms in total. The summed E-state index contributed by atoms with van der Waals surface area (Å²) in [6.07, 6.45) is 13.2. The maximum Gasteiger partial charge on any atom is 0.246 e. The lowest BCUT2D eigenvalue weighted by molar-refractivity contribution is -0.127. The number of hydrogen-bond donors (Lipinski definition) is 1. The second-order valence-corrected chi connectivity index (χ2v) is 9.21. The molecule has 0 unspecified atom stereocenters. The molecule has 4 rings (SSSR count). The number of fused-ring (bicyclic) bond motifs is 1. The third-order valence-electron chi connectivity index (χ3n) is 6.48. The highest BCUT2D eigenvalue weighted by Gasteiger charge is 2.39. The van der Waals surface area contributed by atoms with Crippen molar-refractivity contribution >= 4 is 35.0 Å². The highest BCUT2D eigenvalue weighted by molar-refractivity contribution is 7.09. The number of hydrogen-bond acceptors (Lipinski definition) is 5. The smallest absolute Gasteiger partial charge is 0.246 e. The molecule has 2 aliphatic heterocycles. The van der Waals surface area contributed by atoms with Gasteiger partial charge in [-0.2, -0.15) is 0 Å². The summed E-state index contributed by atoms with van der Waals surface area (Å²) >= 11 is 1.67. The zero-order chi connectivity index (χ0) is 21.8. The molecule has 0 fully saturated rings. The van der Waals surface area contributed by atoms with E-state index in [1.165, 1.54) is 5.57 Å². The lowest BCUT2D eigenvalue weighted by atomic mass is 9.74. The Kier molecular flexibility index (Phi) is 6.32. The molecule has 2 aromatic heterocycles. The van der Waals surface area contributed by atoms with Gasteiger partial charge in [-0.05, 0) is 49.0 Å². The number of amides is 2. The number of nitrogens with one attached hydrogen (secondary N) is 1. The summed E-state index contributed by atoms with van der Waals surface area (Å²) in [5.41, 5.74) is 2.88. The SMILES string of the molecule is CCC1(CC)Cc2cc(C=CC(=O)N3CC=C(Cc4nccs4)CC3)cnc2NC1=O. The van der Waals surface area contributed by atoms with Crippen molar-refractivity contribution < 1.29 is 9.59 Å². The Hall–Kier alpha value is -2.80. The first kappa shape index (κ1) is 21.4. The fourth-order valence-electron chi connectivity index (χ4n) is 4.25. The molecule has 162 valence electrons. The average molecular weight is 437 g/mol. The minimum atomic E-state index is -0.372. The molecule has 2 amide bonds. The number of pyridine rings is 1. The van der Waals surface area contributed by atoms with Crippen molar-refractivity contribution in [1.29, 1.82) is 0 Å². The van der Waals surface area contributed by atoms with Crippen LogP contribution in [0, 0.1) is 5.41 Å². The summed E-state index contributed by atoms with van der Waals surface area (Å²) in [4.78, 5) is 35.8. The molecule has 7 heteroatoms. The topological polar surface area (TPSA) is 75.2 Å². The molecule has 0 saturated heterocycles. The first-order chi connectivity index (χ1) is 15.0. The number of thiazole rings is 1. The van der Waals surface area contributed by atoms with Gasteiger partial charge in [-0.3, -0.25) is 9.59 Å². The third-order valence-corrected chi connectivity index (χ3v) is 7.26. The van der Waals surface area contributed by atoms with Gasteiger partial charge in [0.2, 0.25) is 11.8 Å². The number of carbonyl (C=O) groups excluding carboxylic acids is 2. The first-order valence-electron chi connectivity index (χ1n) is 10.9. The van der Waals surface area contributed by atoms with E-state index in [0.29, 0.717) is 18.8 Å². The van der Waals surface area contributed by atoms with Crippen LogP contribution in [0.4, 0.5) is 5.82 Å². The van der Waals surface area contributed by atoms with Crippen molar-refractivity contribution in [2.24, 2.45) is 5.41 Å². The van der Waals surface area contributed by atoms with Crippen LogP contribution in [0.3, 0.4) is 0 Å². The second-order valence-electron chi connectivity index (χ2n) is 8.23. The lowest BCUT2D eigenvalue weighted by Crippen LogP contribution is -2.41. The molecule has 0 bridgehead atoms. The van der Waals surface area contributed by atoms with Crippen molar-refractivity contribution in [1.82, 2.24) is 14.9 Å². The minimum absolute atomic E-state index is 0.00651. The van der Waals surface area contributed by atoms with Gasteiger partial charge in [0.1, 0.15) is 5.82 Å².